The van der Waals surface area contributed by atoms with Crippen LogP contribution in [0.25, 0.3) is 0 Å². The molecule has 17 heavy (non-hydrogen) atoms. The van der Waals surface area contributed by atoms with Crippen molar-refractivity contribution in [2.24, 2.45) is 5.41 Å². The molecule has 0 aromatic rings. The van der Waals surface area contributed by atoms with E-state index in [2.05, 4.69) is 6.92 Å². The molecule has 3 nitrogen and oxygen atoms in total. The van der Waals surface area contributed by atoms with Gasteiger partial charge >= 0.3 is 0 Å². The van der Waals surface area contributed by atoms with Gasteiger partial charge in [-0.2, -0.15) is 0 Å². The van der Waals surface area contributed by atoms with Gasteiger partial charge in [-0.05, 0) is 12.8 Å². The molecular formula is C14H30O3. The van der Waals surface area contributed by atoms with E-state index in [1.807, 2.05) is 6.92 Å². The van der Waals surface area contributed by atoms with E-state index in [4.69, 9.17) is 4.74 Å². The van der Waals surface area contributed by atoms with Crippen molar-refractivity contribution in [2.45, 2.75) is 58.8 Å². The molecule has 0 bridgehead atoms. The van der Waals surface area contributed by atoms with Crippen molar-refractivity contribution in [3.63, 3.8) is 0 Å². The number of aliphatic hydroxyl groups excluding tert-OH is 2. The summed E-state index contributed by atoms with van der Waals surface area (Å²) in [5.74, 6) is 0. The van der Waals surface area contributed by atoms with Gasteiger partial charge in [-0.15, -0.1) is 0 Å². The number of hydrogen-bond donors (Lipinski definition) is 2. The minimum absolute atomic E-state index is 0.00347. The molecule has 3 heteroatoms. The number of hydrogen-bond acceptors (Lipinski definition) is 3. The summed E-state index contributed by atoms with van der Waals surface area (Å²) >= 11 is 0. The summed E-state index contributed by atoms with van der Waals surface area (Å²) in [6, 6.07) is 0. The molecule has 0 amide bonds. The number of unbranched alkanes of at least 4 members (excludes halogenated alkanes) is 5. The Morgan fingerprint density at radius 1 is 0.882 bits per heavy atom. The van der Waals surface area contributed by atoms with Crippen molar-refractivity contribution in [1.29, 1.82) is 0 Å². The van der Waals surface area contributed by atoms with Gasteiger partial charge in [0.05, 0.1) is 19.8 Å². The van der Waals surface area contributed by atoms with E-state index in [0.29, 0.717) is 6.61 Å². The molecule has 0 aliphatic carbocycles. The molecule has 0 radical (unpaired) electrons. The fourth-order valence-corrected chi connectivity index (χ4v) is 1.74. The Morgan fingerprint density at radius 3 is 2.00 bits per heavy atom. The van der Waals surface area contributed by atoms with Gasteiger partial charge in [0.15, 0.2) is 0 Å². The van der Waals surface area contributed by atoms with Crippen LogP contribution in [0.5, 0.6) is 0 Å². The van der Waals surface area contributed by atoms with Gasteiger partial charge in [-0.1, -0.05) is 46.0 Å². The molecule has 0 aromatic carbocycles. The first-order valence-electron chi connectivity index (χ1n) is 7.04. The predicted octanol–water partition coefficient (Wildman–Crippen LogP) is 2.74. The fraction of sp³-hybridized carbons (Fsp3) is 1.00. The standard InChI is InChI=1S/C14H30O3/c1-3-5-6-7-8-9-10-17-13-14(4-2,11-15)12-16/h15-16H,3-13H2,1-2H3. The van der Waals surface area contributed by atoms with E-state index in [0.717, 1.165) is 19.4 Å². The summed E-state index contributed by atoms with van der Waals surface area (Å²) in [4.78, 5) is 0. The Morgan fingerprint density at radius 2 is 1.47 bits per heavy atom. The zero-order valence-electron chi connectivity index (χ0n) is 11.6. The zero-order chi connectivity index (χ0) is 13.0. The van der Waals surface area contributed by atoms with Gasteiger partial charge in [0, 0.05) is 12.0 Å². The van der Waals surface area contributed by atoms with Crippen LogP contribution in [-0.2, 0) is 4.74 Å². The van der Waals surface area contributed by atoms with Crippen LogP contribution in [0.2, 0.25) is 0 Å². The zero-order valence-corrected chi connectivity index (χ0v) is 11.6. The summed E-state index contributed by atoms with van der Waals surface area (Å²) in [5, 5.41) is 18.5. The predicted molar refractivity (Wildman–Crippen MR) is 71.1 cm³/mol. The van der Waals surface area contributed by atoms with Gasteiger partial charge in [-0.25, -0.2) is 0 Å². The Labute approximate surface area is 106 Å². The molecule has 104 valence electrons. The minimum atomic E-state index is -0.442. The Bertz CT molecular complexity index is 147. The van der Waals surface area contributed by atoms with Gasteiger partial charge in [0.2, 0.25) is 0 Å². The van der Waals surface area contributed by atoms with Crippen LogP contribution in [-0.4, -0.2) is 36.6 Å². The molecule has 0 rings (SSSR count). The highest BCUT2D eigenvalue weighted by atomic mass is 16.5. The summed E-state index contributed by atoms with van der Waals surface area (Å²) in [6.07, 6.45) is 8.27. The summed E-state index contributed by atoms with van der Waals surface area (Å²) in [5.41, 5.74) is -0.442. The van der Waals surface area contributed by atoms with Crippen molar-refractivity contribution in [2.75, 3.05) is 26.4 Å². The van der Waals surface area contributed by atoms with Crippen molar-refractivity contribution >= 4 is 0 Å². The molecule has 0 heterocycles. The van der Waals surface area contributed by atoms with E-state index in [9.17, 15) is 10.2 Å². The van der Waals surface area contributed by atoms with Gasteiger partial charge < -0.3 is 14.9 Å². The lowest BCUT2D eigenvalue weighted by atomic mass is 9.88. The molecule has 0 aliphatic heterocycles. The third kappa shape index (κ3) is 7.74. The van der Waals surface area contributed by atoms with Crippen molar-refractivity contribution < 1.29 is 14.9 Å². The lowest BCUT2D eigenvalue weighted by molar-refractivity contribution is -0.0306. The Kier molecular flexibility index (Phi) is 10.9. The number of aliphatic hydroxyl groups is 2. The smallest absolute Gasteiger partial charge is 0.0566 e. The van der Waals surface area contributed by atoms with Crippen LogP contribution in [0.3, 0.4) is 0 Å². The maximum Gasteiger partial charge on any atom is 0.0566 e. The van der Waals surface area contributed by atoms with E-state index in [1.54, 1.807) is 0 Å². The van der Waals surface area contributed by atoms with Crippen LogP contribution in [0.1, 0.15) is 58.8 Å². The Balaban J connectivity index is 3.43. The SMILES string of the molecule is CCCCCCCCOCC(CC)(CO)CO. The van der Waals surface area contributed by atoms with Gasteiger partial charge in [-0.3, -0.25) is 0 Å². The lowest BCUT2D eigenvalue weighted by Crippen LogP contribution is -2.34. The normalized spacial score (nSPS) is 12.0. The van der Waals surface area contributed by atoms with Crippen LogP contribution < -0.4 is 0 Å². The molecule has 0 aromatic heterocycles. The maximum absolute atomic E-state index is 9.24. The van der Waals surface area contributed by atoms with Crippen LogP contribution in [0, 0.1) is 5.41 Å². The second kappa shape index (κ2) is 11.0. The van der Waals surface area contributed by atoms with Crippen molar-refractivity contribution in [3.05, 3.63) is 0 Å². The molecule has 2 N–H and O–H groups in total. The number of ether oxygens (including phenoxy) is 1. The van der Waals surface area contributed by atoms with Crippen molar-refractivity contribution in [1.82, 2.24) is 0 Å². The first kappa shape index (κ1) is 16.9. The van der Waals surface area contributed by atoms with E-state index >= 15 is 0 Å². The van der Waals surface area contributed by atoms with E-state index in [1.165, 1.54) is 32.1 Å². The topological polar surface area (TPSA) is 49.7 Å². The highest BCUT2D eigenvalue weighted by Gasteiger charge is 2.26. The molecule has 0 unspecified atom stereocenters. The third-order valence-electron chi connectivity index (χ3n) is 3.47. The first-order valence-corrected chi connectivity index (χ1v) is 7.04. The number of rotatable bonds is 12. The molecule has 0 saturated carbocycles. The van der Waals surface area contributed by atoms with E-state index < -0.39 is 5.41 Å². The molecule has 0 spiro atoms. The molecule has 0 fully saturated rings. The fourth-order valence-electron chi connectivity index (χ4n) is 1.74. The Hall–Kier alpha value is -0.120. The largest absolute Gasteiger partial charge is 0.396 e. The summed E-state index contributed by atoms with van der Waals surface area (Å²) in [7, 11) is 0. The first-order chi connectivity index (χ1) is 8.24. The average molecular weight is 246 g/mol. The van der Waals surface area contributed by atoms with Gasteiger partial charge in [0.1, 0.15) is 0 Å². The third-order valence-corrected chi connectivity index (χ3v) is 3.47. The average Bonchev–Trinajstić information content (AvgIpc) is 2.38. The van der Waals surface area contributed by atoms with Crippen LogP contribution >= 0.6 is 0 Å². The highest BCUT2D eigenvalue weighted by molar-refractivity contribution is 4.75. The quantitative estimate of drug-likeness (QED) is 0.521. The van der Waals surface area contributed by atoms with Crippen LogP contribution in [0.4, 0.5) is 0 Å². The molecule has 0 atom stereocenters. The van der Waals surface area contributed by atoms with E-state index in [-0.39, 0.29) is 13.2 Å². The molecule has 0 aliphatic rings. The highest BCUT2D eigenvalue weighted by Crippen LogP contribution is 2.20. The van der Waals surface area contributed by atoms with Gasteiger partial charge in [0.25, 0.3) is 0 Å². The summed E-state index contributed by atoms with van der Waals surface area (Å²) in [6.45, 7) is 5.39. The minimum Gasteiger partial charge on any atom is -0.396 e. The lowest BCUT2D eigenvalue weighted by Gasteiger charge is -2.27. The van der Waals surface area contributed by atoms with Crippen LogP contribution in [0.15, 0.2) is 0 Å². The molecular weight excluding hydrogens is 216 g/mol. The second-order valence-electron chi connectivity index (χ2n) is 4.99. The monoisotopic (exact) mass is 246 g/mol. The molecule has 0 saturated heterocycles. The summed E-state index contributed by atoms with van der Waals surface area (Å²) < 4.78 is 5.56. The maximum atomic E-state index is 9.24. The van der Waals surface area contributed by atoms with Crippen molar-refractivity contribution in [3.8, 4) is 0 Å². The second-order valence-corrected chi connectivity index (χ2v) is 4.99.